The average molecular weight is 169 g/mol. The van der Waals surface area contributed by atoms with E-state index in [0.717, 1.165) is 6.20 Å². The van der Waals surface area contributed by atoms with Gasteiger partial charge >= 0.3 is 5.97 Å². The van der Waals surface area contributed by atoms with Crippen LogP contribution in [0.25, 0.3) is 0 Å². The Labute approximate surface area is 69.2 Å². The first-order chi connectivity index (χ1) is 5.68. The van der Waals surface area contributed by atoms with Gasteiger partial charge in [0.15, 0.2) is 0 Å². The molecule has 1 aromatic rings. The highest BCUT2D eigenvalue weighted by Gasteiger charge is 1.97. The van der Waals surface area contributed by atoms with Crippen molar-refractivity contribution >= 4 is 5.97 Å². The predicted octanol–water partition coefficient (Wildman–Crippen LogP) is 1.28. The second-order valence-electron chi connectivity index (χ2n) is 2.25. The lowest BCUT2D eigenvalue weighted by atomic mass is 10.4. The van der Waals surface area contributed by atoms with Gasteiger partial charge in [0.2, 0.25) is 0 Å². The fourth-order valence-electron chi connectivity index (χ4n) is 0.667. The number of nitrogens with zero attached hydrogens (tertiary/aromatic N) is 1. The van der Waals surface area contributed by atoms with Crippen molar-refractivity contribution in [2.24, 2.45) is 0 Å². The molecule has 1 aromatic heterocycles. The smallest absolute Gasteiger partial charge is 0.303 e. The van der Waals surface area contributed by atoms with Crippen molar-refractivity contribution in [2.45, 2.75) is 13.5 Å². The van der Waals surface area contributed by atoms with Crippen LogP contribution in [0.5, 0.6) is 0 Å². The van der Waals surface area contributed by atoms with Crippen molar-refractivity contribution in [1.29, 1.82) is 0 Å². The van der Waals surface area contributed by atoms with Gasteiger partial charge in [-0.25, -0.2) is 4.39 Å². The normalized spacial score (nSPS) is 9.50. The van der Waals surface area contributed by atoms with E-state index in [1.54, 1.807) is 0 Å². The van der Waals surface area contributed by atoms with Gasteiger partial charge in [0.25, 0.3) is 0 Å². The predicted molar refractivity (Wildman–Crippen MR) is 39.7 cm³/mol. The second-order valence-corrected chi connectivity index (χ2v) is 2.25. The Morgan fingerprint density at radius 3 is 2.92 bits per heavy atom. The molecule has 0 aliphatic heterocycles. The van der Waals surface area contributed by atoms with Crippen molar-refractivity contribution in [2.75, 3.05) is 0 Å². The summed E-state index contributed by atoms with van der Waals surface area (Å²) < 4.78 is 17.0. The largest absolute Gasteiger partial charge is 0.459 e. The first kappa shape index (κ1) is 8.64. The fourth-order valence-corrected chi connectivity index (χ4v) is 0.667. The SMILES string of the molecule is CC(=O)OCc1ccc(F)cn1. The molecule has 1 heterocycles. The van der Waals surface area contributed by atoms with Crippen LogP contribution < -0.4 is 0 Å². The molecule has 0 fully saturated rings. The Morgan fingerprint density at radius 2 is 2.42 bits per heavy atom. The molecule has 4 heteroatoms. The van der Waals surface area contributed by atoms with Crippen LogP contribution >= 0.6 is 0 Å². The summed E-state index contributed by atoms with van der Waals surface area (Å²) in [5, 5.41) is 0. The summed E-state index contributed by atoms with van der Waals surface area (Å²) in [6.45, 7) is 1.40. The van der Waals surface area contributed by atoms with Gasteiger partial charge in [-0.15, -0.1) is 0 Å². The number of ether oxygens (including phenoxy) is 1. The minimum atomic E-state index is -0.401. The van der Waals surface area contributed by atoms with E-state index in [4.69, 9.17) is 0 Å². The van der Waals surface area contributed by atoms with Gasteiger partial charge in [-0.05, 0) is 12.1 Å². The third-order valence-electron chi connectivity index (χ3n) is 1.21. The van der Waals surface area contributed by atoms with Gasteiger partial charge in [-0.3, -0.25) is 9.78 Å². The van der Waals surface area contributed by atoms with Crippen LogP contribution in [-0.2, 0) is 16.1 Å². The highest BCUT2D eigenvalue weighted by molar-refractivity contribution is 5.65. The van der Waals surface area contributed by atoms with Crippen LogP contribution in [0.1, 0.15) is 12.6 Å². The van der Waals surface area contributed by atoms with E-state index >= 15 is 0 Å². The zero-order valence-corrected chi connectivity index (χ0v) is 6.58. The molecule has 3 nitrogen and oxygen atoms in total. The van der Waals surface area contributed by atoms with Crippen LogP contribution in [0.2, 0.25) is 0 Å². The van der Waals surface area contributed by atoms with E-state index in [0.29, 0.717) is 5.69 Å². The maximum absolute atomic E-state index is 12.3. The van der Waals surface area contributed by atoms with Crippen LogP contribution in [0.3, 0.4) is 0 Å². The van der Waals surface area contributed by atoms with E-state index in [-0.39, 0.29) is 12.6 Å². The lowest BCUT2D eigenvalue weighted by Gasteiger charge is -1.99. The summed E-state index contributed by atoms with van der Waals surface area (Å²) in [7, 11) is 0. The zero-order valence-electron chi connectivity index (χ0n) is 6.58. The number of esters is 1. The number of carbonyl (C=O) groups is 1. The molecule has 1 rings (SSSR count). The standard InChI is InChI=1S/C8H8FNO2/c1-6(11)12-5-8-3-2-7(9)4-10-8/h2-4H,5H2,1H3. The summed E-state index contributed by atoms with van der Waals surface area (Å²) >= 11 is 0. The molecule has 0 aliphatic carbocycles. The molecule has 0 N–H and O–H groups in total. The van der Waals surface area contributed by atoms with Gasteiger partial charge in [0, 0.05) is 6.92 Å². The zero-order chi connectivity index (χ0) is 8.97. The maximum Gasteiger partial charge on any atom is 0.303 e. The number of rotatable bonds is 2. The first-order valence-electron chi connectivity index (χ1n) is 3.42. The number of hydrogen-bond acceptors (Lipinski definition) is 3. The molecule has 0 saturated heterocycles. The van der Waals surface area contributed by atoms with Crippen molar-refractivity contribution in [3.63, 3.8) is 0 Å². The fraction of sp³-hybridized carbons (Fsp3) is 0.250. The first-order valence-corrected chi connectivity index (χ1v) is 3.42. The van der Waals surface area contributed by atoms with E-state index in [1.165, 1.54) is 19.1 Å². The molecule has 0 saturated carbocycles. The molecule has 0 radical (unpaired) electrons. The van der Waals surface area contributed by atoms with E-state index in [9.17, 15) is 9.18 Å². The molecule has 0 aromatic carbocycles. The molecular formula is C8H8FNO2. The summed E-state index contributed by atoms with van der Waals surface area (Å²) in [4.78, 5) is 14.1. The highest BCUT2D eigenvalue weighted by atomic mass is 19.1. The molecule has 0 aliphatic rings. The lowest BCUT2D eigenvalue weighted by Crippen LogP contribution is -2.00. The minimum Gasteiger partial charge on any atom is -0.459 e. The second kappa shape index (κ2) is 3.80. The Hall–Kier alpha value is -1.45. The Balaban J connectivity index is 2.53. The molecule has 0 unspecified atom stereocenters. The molecule has 0 atom stereocenters. The number of carbonyl (C=O) groups excluding carboxylic acids is 1. The number of halogens is 1. The molecule has 12 heavy (non-hydrogen) atoms. The summed E-state index contributed by atoms with van der Waals surface area (Å²) in [6, 6.07) is 2.74. The van der Waals surface area contributed by atoms with Crippen molar-refractivity contribution < 1.29 is 13.9 Å². The van der Waals surface area contributed by atoms with E-state index < -0.39 is 5.82 Å². The van der Waals surface area contributed by atoms with Crippen LogP contribution in [0, 0.1) is 5.82 Å². The maximum atomic E-state index is 12.3. The van der Waals surface area contributed by atoms with Crippen molar-refractivity contribution in [3.05, 3.63) is 29.8 Å². The van der Waals surface area contributed by atoms with E-state index in [1.807, 2.05) is 0 Å². The third-order valence-corrected chi connectivity index (χ3v) is 1.21. The Kier molecular flexibility index (Phi) is 2.74. The van der Waals surface area contributed by atoms with Gasteiger partial charge in [-0.2, -0.15) is 0 Å². The van der Waals surface area contributed by atoms with Crippen LogP contribution in [-0.4, -0.2) is 11.0 Å². The Morgan fingerprint density at radius 1 is 1.67 bits per heavy atom. The monoisotopic (exact) mass is 169 g/mol. The third kappa shape index (κ3) is 2.65. The topological polar surface area (TPSA) is 39.2 Å². The molecule has 0 bridgehead atoms. The summed E-state index contributed by atoms with van der Waals surface area (Å²) in [6.07, 6.45) is 1.08. The van der Waals surface area contributed by atoms with Gasteiger partial charge in [-0.1, -0.05) is 0 Å². The number of pyridine rings is 1. The minimum absolute atomic E-state index is 0.0929. The van der Waals surface area contributed by atoms with Crippen molar-refractivity contribution in [3.8, 4) is 0 Å². The van der Waals surface area contributed by atoms with E-state index in [2.05, 4.69) is 9.72 Å². The van der Waals surface area contributed by atoms with Crippen LogP contribution in [0.4, 0.5) is 4.39 Å². The quantitative estimate of drug-likeness (QED) is 0.626. The molecule has 0 amide bonds. The molecule has 0 spiro atoms. The summed E-state index contributed by atoms with van der Waals surface area (Å²) in [5.41, 5.74) is 0.534. The Bertz CT molecular complexity index is 271. The average Bonchev–Trinajstić information content (AvgIpc) is 2.03. The lowest BCUT2D eigenvalue weighted by molar-refractivity contribution is -0.142. The number of hydrogen-bond donors (Lipinski definition) is 0. The highest BCUT2D eigenvalue weighted by Crippen LogP contribution is 1.99. The van der Waals surface area contributed by atoms with Gasteiger partial charge in [0.05, 0.1) is 11.9 Å². The van der Waals surface area contributed by atoms with Gasteiger partial charge < -0.3 is 4.74 Å². The summed E-state index contributed by atoms with van der Waals surface area (Å²) in [5.74, 6) is -0.775. The van der Waals surface area contributed by atoms with Crippen molar-refractivity contribution in [1.82, 2.24) is 4.98 Å². The molecular weight excluding hydrogens is 161 g/mol. The number of aromatic nitrogens is 1. The van der Waals surface area contributed by atoms with Crippen LogP contribution in [0.15, 0.2) is 18.3 Å². The molecule has 64 valence electrons. The van der Waals surface area contributed by atoms with Gasteiger partial charge in [0.1, 0.15) is 12.4 Å².